The van der Waals surface area contributed by atoms with E-state index in [-0.39, 0.29) is 22.6 Å². The van der Waals surface area contributed by atoms with Crippen LogP contribution in [0.25, 0.3) is 16.2 Å². The molecule has 1 aliphatic heterocycles. The maximum absolute atomic E-state index is 13.2. The highest BCUT2D eigenvalue weighted by Gasteiger charge is 2.38. The summed E-state index contributed by atoms with van der Waals surface area (Å²) >= 11 is 1.42. The molecule has 0 spiro atoms. The van der Waals surface area contributed by atoms with E-state index in [1.165, 1.54) is 34.4 Å². The van der Waals surface area contributed by atoms with E-state index in [1.807, 2.05) is 67.8 Å². The number of aromatic nitrogens is 3. The van der Waals surface area contributed by atoms with E-state index in [0.717, 1.165) is 22.4 Å². The molecular formula is C27H19N5O3S. The second-order valence-corrected chi connectivity index (χ2v) is 9.40. The van der Waals surface area contributed by atoms with Crippen molar-refractivity contribution in [3.63, 3.8) is 0 Å². The van der Waals surface area contributed by atoms with Gasteiger partial charge in [-0.05, 0) is 49.2 Å². The maximum atomic E-state index is 13.2. The lowest BCUT2D eigenvalue weighted by molar-refractivity contribution is 0.0925. The lowest BCUT2D eigenvalue weighted by atomic mass is 10.1. The normalized spacial score (nSPS) is 12.9. The van der Waals surface area contributed by atoms with E-state index in [1.54, 1.807) is 4.52 Å². The van der Waals surface area contributed by atoms with E-state index < -0.39 is 17.7 Å². The number of hydrogen-bond acceptors (Lipinski definition) is 6. The number of nitrogens with zero attached hydrogens (tertiary/aromatic N) is 4. The summed E-state index contributed by atoms with van der Waals surface area (Å²) in [5, 5.41) is 9.10. The Morgan fingerprint density at radius 1 is 0.917 bits per heavy atom. The van der Waals surface area contributed by atoms with Crippen LogP contribution in [0, 0.1) is 13.8 Å². The quantitative estimate of drug-likeness (QED) is 0.350. The molecular weight excluding hydrogens is 474 g/mol. The van der Waals surface area contributed by atoms with Crippen molar-refractivity contribution >= 4 is 45.7 Å². The van der Waals surface area contributed by atoms with Gasteiger partial charge in [0.15, 0.2) is 0 Å². The summed E-state index contributed by atoms with van der Waals surface area (Å²) in [6, 6.07) is 19.9. The van der Waals surface area contributed by atoms with Crippen molar-refractivity contribution in [2.45, 2.75) is 13.8 Å². The van der Waals surface area contributed by atoms with Crippen LogP contribution in [0.15, 0.2) is 72.1 Å². The summed E-state index contributed by atoms with van der Waals surface area (Å²) in [4.78, 5) is 45.5. The zero-order valence-electron chi connectivity index (χ0n) is 19.4. The second kappa shape index (κ2) is 8.24. The number of amides is 3. The first-order valence-electron chi connectivity index (χ1n) is 11.2. The smallest absolute Gasteiger partial charge is 0.266 e. The average molecular weight is 494 g/mol. The van der Waals surface area contributed by atoms with Gasteiger partial charge in [-0.15, -0.1) is 16.4 Å². The molecule has 36 heavy (non-hydrogen) atoms. The highest BCUT2D eigenvalue weighted by atomic mass is 32.1. The van der Waals surface area contributed by atoms with Crippen molar-refractivity contribution < 1.29 is 14.4 Å². The molecule has 3 aromatic carbocycles. The van der Waals surface area contributed by atoms with Crippen molar-refractivity contribution in [3.8, 4) is 11.3 Å². The van der Waals surface area contributed by atoms with Gasteiger partial charge in [-0.3, -0.25) is 19.7 Å². The fourth-order valence-corrected chi connectivity index (χ4v) is 5.11. The van der Waals surface area contributed by atoms with Crippen molar-refractivity contribution in [1.82, 2.24) is 14.6 Å². The molecule has 2 aromatic heterocycles. The lowest BCUT2D eigenvalue weighted by Crippen LogP contribution is -2.30. The number of nitrogens with one attached hydrogen (secondary N) is 1. The third-order valence-electron chi connectivity index (χ3n) is 6.13. The first kappa shape index (κ1) is 21.9. The van der Waals surface area contributed by atoms with Gasteiger partial charge in [-0.1, -0.05) is 42.5 Å². The van der Waals surface area contributed by atoms with E-state index in [9.17, 15) is 14.4 Å². The topological polar surface area (TPSA) is 96.7 Å². The van der Waals surface area contributed by atoms with E-state index >= 15 is 0 Å². The lowest BCUT2D eigenvalue weighted by Gasteiger charge is -2.17. The Balaban J connectivity index is 1.28. The highest BCUT2D eigenvalue weighted by molar-refractivity contribution is 7.15. The predicted octanol–water partition coefficient (Wildman–Crippen LogP) is 5.13. The summed E-state index contributed by atoms with van der Waals surface area (Å²) in [6.07, 6.45) is 0. The predicted molar refractivity (Wildman–Crippen MR) is 138 cm³/mol. The van der Waals surface area contributed by atoms with Gasteiger partial charge in [0.2, 0.25) is 4.96 Å². The van der Waals surface area contributed by atoms with Crippen LogP contribution in [0.1, 0.15) is 42.2 Å². The standard InChI is InChI=1S/C27H19N5O3S/c1-15-8-9-16(2)21(12-15)31-24(34)19-11-10-18(13-20(19)25(31)35)23(33)28-26-29-27-32(30-26)22(14-36-27)17-6-4-3-5-7-17/h3-14H,1-2H3,(H,28,30,33). The van der Waals surface area contributed by atoms with Gasteiger partial charge in [-0.25, -0.2) is 9.42 Å². The van der Waals surface area contributed by atoms with Crippen LogP contribution in [0.5, 0.6) is 0 Å². The molecule has 0 atom stereocenters. The first-order valence-corrected chi connectivity index (χ1v) is 12.1. The van der Waals surface area contributed by atoms with Gasteiger partial charge in [0.05, 0.1) is 22.5 Å². The molecule has 176 valence electrons. The summed E-state index contributed by atoms with van der Waals surface area (Å²) < 4.78 is 1.68. The molecule has 0 unspecified atom stereocenters. The van der Waals surface area contributed by atoms with Gasteiger partial charge in [0.25, 0.3) is 23.7 Å². The number of fused-ring (bicyclic) bond motifs is 2. The number of rotatable bonds is 4. The van der Waals surface area contributed by atoms with Gasteiger partial charge < -0.3 is 0 Å². The Morgan fingerprint density at radius 2 is 1.69 bits per heavy atom. The summed E-state index contributed by atoms with van der Waals surface area (Å²) in [6.45, 7) is 3.75. The Morgan fingerprint density at radius 3 is 2.50 bits per heavy atom. The van der Waals surface area contributed by atoms with Crippen LogP contribution in [0.3, 0.4) is 0 Å². The van der Waals surface area contributed by atoms with E-state index in [4.69, 9.17) is 0 Å². The van der Waals surface area contributed by atoms with Crippen LogP contribution in [-0.4, -0.2) is 32.3 Å². The number of aryl methyl sites for hydroxylation is 2. The number of carbonyl (C=O) groups is 3. The zero-order chi connectivity index (χ0) is 25.0. The molecule has 3 amide bonds. The third kappa shape index (κ3) is 3.48. The number of carbonyl (C=O) groups excluding carboxylic acids is 3. The van der Waals surface area contributed by atoms with Gasteiger partial charge in [0, 0.05) is 16.5 Å². The molecule has 5 aromatic rings. The minimum absolute atomic E-state index is 0.156. The van der Waals surface area contributed by atoms with E-state index in [2.05, 4.69) is 15.4 Å². The Hall–Kier alpha value is -4.63. The SMILES string of the molecule is Cc1ccc(C)c(N2C(=O)c3ccc(C(=O)Nc4nc5scc(-c6ccccc6)n5n4)cc3C2=O)c1. The number of imide groups is 1. The molecule has 0 bridgehead atoms. The number of anilines is 2. The Labute approximate surface area is 209 Å². The molecule has 1 N–H and O–H groups in total. The number of benzene rings is 3. The average Bonchev–Trinajstić information content (AvgIpc) is 3.53. The van der Waals surface area contributed by atoms with Crippen LogP contribution in [0.4, 0.5) is 11.6 Å². The maximum Gasteiger partial charge on any atom is 0.266 e. The molecule has 0 fully saturated rings. The first-order chi connectivity index (χ1) is 17.4. The Kier molecular flexibility index (Phi) is 5.01. The van der Waals surface area contributed by atoms with Crippen LogP contribution >= 0.6 is 11.3 Å². The molecule has 3 heterocycles. The fraction of sp³-hybridized carbons (Fsp3) is 0.0741. The molecule has 0 aliphatic carbocycles. The third-order valence-corrected chi connectivity index (χ3v) is 6.95. The largest absolute Gasteiger partial charge is 0.289 e. The molecule has 0 saturated carbocycles. The van der Waals surface area contributed by atoms with Crippen molar-refractivity contribution in [2.24, 2.45) is 0 Å². The van der Waals surface area contributed by atoms with E-state index in [0.29, 0.717) is 10.6 Å². The highest BCUT2D eigenvalue weighted by Crippen LogP contribution is 2.32. The van der Waals surface area contributed by atoms with Crippen LogP contribution in [0.2, 0.25) is 0 Å². The molecule has 1 aliphatic rings. The van der Waals surface area contributed by atoms with Gasteiger partial charge in [0.1, 0.15) is 0 Å². The minimum Gasteiger partial charge on any atom is -0.289 e. The Bertz CT molecular complexity index is 1700. The summed E-state index contributed by atoms with van der Waals surface area (Å²) in [5.74, 6) is -1.17. The molecule has 6 rings (SSSR count). The minimum atomic E-state index is -0.470. The van der Waals surface area contributed by atoms with Crippen LogP contribution < -0.4 is 10.2 Å². The molecule has 0 saturated heterocycles. The molecule has 8 nitrogen and oxygen atoms in total. The van der Waals surface area contributed by atoms with Crippen molar-refractivity contribution in [1.29, 1.82) is 0 Å². The summed E-state index contributed by atoms with van der Waals surface area (Å²) in [7, 11) is 0. The second-order valence-electron chi connectivity index (χ2n) is 8.57. The zero-order valence-corrected chi connectivity index (χ0v) is 20.2. The van der Waals surface area contributed by atoms with Crippen molar-refractivity contribution in [3.05, 3.63) is 99.9 Å². The monoisotopic (exact) mass is 493 g/mol. The fourth-order valence-electron chi connectivity index (χ4n) is 4.28. The van der Waals surface area contributed by atoms with Crippen LogP contribution in [-0.2, 0) is 0 Å². The summed E-state index contributed by atoms with van der Waals surface area (Å²) in [5.41, 5.74) is 4.86. The van der Waals surface area contributed by atoms with Crippen molar-refractivity contribution in [2.75, 3.05) is 10.2 Å². The number of thiazole rings is 1. The van der Waals surface area contributed by atoms with Gasteiger partial charge >= 0.3 is 0 Å². The van der Waals surface area contributed by atoms with Gasteiger partial charge in [-0.2, -0.15) is 4.98 Å². The molecule has 9 heteroatoms. The molecule has 0 radical (unpaired) electrons. The number of hydrogen-bond donors (Lipinski definition) is 1.